The lowest BCUT2D eigenvalue weighted by Gasteiger charge is -2.08. The third-order valence-electron chi connectivity index (χ3n) is 1.84. The van der Waals surface area contributed by atoms with E-state index >= 15 is 0 Å². The van der Waals surface area contributed by atoms with Gasteiger partial charge >= 0.3 is 0 Å². The average Bonchev–Trinajstić information content (AvgIpc) is 2.07. The van der Waals surface area contributed by atoms with Crippen LogP contribution < -0.4 is 11.1 Å². The highest BCUT2D eigenvalue weighted by Gasteiger charge is 2.10. The summed E-state index contributed by atoms with van der Waals surface area (Å²) in [6, 6.07) is 1.93. The maximum absolute atomic E-state index is 13.2. The van der Waals surface area contributed by atoms with Crippen molar-refractivity contribution in [1.82, 2.24) is 0 Å². The number of hydrogen-bond acceptors (Lipinski definition) is 4. The fraction of sp³-hybridized carbons (Fsp3) is 0.333. The van der Waals surface area contributed by atoms with Gasteiger partial charge in [-0.25, -0.2) is 17.2 Å². The van der Waals surface area contributed by atoms with Crippen LogP contribution in [0.1, 0.15) is 0 Å². The van der Waals surface area contributed by atoms with Crippen molar-refractivity contribution in [1.29, 1.82) is 0 Å². The zero-order valence-corrected chi connectivity index (χ0v) is 9.44. The van der Waals surface area contributed by atoms with Crippen LogP contribution in [0, 0.1) is 11.6 Å². The van der Waals surface area contributed by atoms with Gasteiger partial charge in [0.1, 0.15) is 15.5 Å². The second-order valence-corrected chi connectivity index (χ2v) is 5.68. The fourth-order valence-electron chi connectivity index (χ4n) is 1.12. The number of nitrogens with two attached hydrogens (primary N) is 1. The number of hydrogen-bond donors (Lipinski definition) is 2. The molecule has 0 aliphatic rings. The smallest absolute Gasteiger partial charge is 0.151 e. The van der Waals surface area contributed by atoms with Crippen LogP contribution in [0.15, 0.2) is 12.1 Å². The Labute approximate surface area is 92.4 Å². The van der Waals surface area contributed by atoms with Gasteiger partial charge in [0.2, 0.25) is 0 Å². The summed E-state index contributed by atoms with van der Waals surface area (Å²) in [5.41, 5.74) is 4.84. The molecular formula is C9H12F2N2O2S. The Hall–Kier alpha value is -1.37. The van der Waals surface area contributed by atoms with Crippen molar-refractivity contribution in [2.45, 2.75) is 0 Å². The molecule has 0 amide bonds. The molecule has 1 rings (SSSR count). The lowest BCUT2D eigenvalue weighted by Crippen LogP contribution is -2.15. The first-order valence-electron chi connectivity index (χ1n) is 4.46. The first-order chi connectivity index (χ1) is 7.29. The molecule has 0 aliphatic heterocycles. The summed E-state index contributed by atoms with van der Waals surface area (Å²) >= 11 is 0. The Kier molecular flexibility index (Phi) is 3.69. The quantitative estimate of drug-likeness (QED) is 0.782. The molecule has 0 spiro atoms. The number of nitrogens with one attached hydrogen (secondary N) is 1. The Balaban J connectivity index is 2.75. The van der Waals surface area contributed by atoms with E-state index in [2.05, 4.69) is 5.32 Å². The van der Waals surface area contributed by atoms with Gasteiger partial charge in [-0.15, -0.1) is 0 Å². The van der Waals surface area contributed by atoms with Gasteiger partial charge < -0.3 is 11.1 Å². The van der Waals surface area contributed by atoms with Gasteiger partial charge in [-0.3, -0.25) is 0 Å². The lowest BCUT2D eigenvalue weighted by atomic mass is 10.2. The molecule has 90 valence electrons. The molecule has 3 N–H and O–H groups in total. The second-order valence-electron chi connectivity index (χ2n) is 3.42. The third kappa shape index (κ3) is 3.65. The molecule has 1 aromatic rings. The van der Waals surface area contributed by atoms with Crippen LogP contribution in [0.25, 0.3) is 0 Å². The molecule has 0 aromatic heterocycles. The standard InChI is InChI=1S/C9H12F2N2O2S/c1-16(14,15)3-2-13-9-7(10)4-6(12)5-8(9)11/h4-5,13H,2-3,12H2,1H3. The van der Waals surface area contributed by atoms with E-state index in [0.29, 0.717) is 0 Å². The van der Waals surface area contributed by atoms with E-state index in [9.17, 15) is 17.2 Å². The predicted octanol–water partition coefficient (Wildman–Crippen LogP) is 1.00. The third-order valence-corrected chi connectivity index (χ3v) is 2.78. The normalized spacial score (nSPS) is 11.4. The van der Waals surface area contributed by atoms with E-state index in [1.165, 1.54) is 0 Å². The van der Waals surface area contributed by atoms with Crippen molar-refractivity contribution in [3.05, 3.63) is 23.8 Å². The fourth-order valence-corrected chi connectivity index (χ4v) is 1.60. The van der Waals surface area contributed by atoms with Crippen molar-refractivity contribution in [3.63, 3.8) is 0 Å². The molecule has 0 fully saturated rings. The maximum Gasteiger partial charge on any atom is 0.151 e. The second kappa shape index (κ2) is 4.65. The zero-order chi connectivity index (χ0) is 12.3. The molecule has 0 aliphatic carbocycles. The highest BCUT2D eigenvalue weighted by Crippen LogP contribution is 2.21. The van der Waals surface area contributed by atoms with Crippen LogP contribution in [0.3, 0.4) is 0 Å². The molecule has 0 atom stereocenters. The van der Waals surface area contributed by atoms with E-state index in [1.807, 2.05) is 0 Å². The molecular weight excluding hydrogens is 238 g/mol. The largest absolute Gasteiger partial charge is 0.399 e. The SMILES string of the molecule is CS(=O)(=O)CCNc1c(F)cc(N)cc1F. The van der Waals surface area contributed by atoms with Crippen molar-refractivity contribution in [3.8, 4) is 0 Å². The van der Waals surface area contributed by atoms with Crippen LogP contribution in [0.5, 0.6) is 0 Å². The summed E-state index contributed by atoms with van der Waals surface area (Å²) in [6.07, 6.45) is 1.05. The molecule has 0 saturated heterocycles. The van der Waals surface area contributed by atoms with Crippen molar-refractivity contribution in [2.75, 3.05) is 29.6 Å². The lowest BCUT2D eigenvalue weighted by molar-refractivity contribution is 0.587. The Bertz CT molecular complexity index is 465. The van der Waals surface area contributed by atoms with E-state index in [1.54, 1.807) is 0 Å². The topological polar surface area (TPSA) is 72.2 Å². The molecule has 7 heteroatoms. The Morgan fingerprint density at radius 2 is 1.81 bits per heavy atom. The number of rotatable bonds is 4. The molecule has 0 heterocycles. The highest BCUT2D eigenvalue weighted by atomic mass is 32.2. The van der Waals surface area contributed by atoms with Gasteiger partial charge in [0, 0.05) is 18.5 Å². The van der Waals surface area contributed by atoms with Crippen molar-refractivity contribution >= 4 is 21.2 Å². The molecule has 16 heavy (non-hydrogen) atoms. The van der Waals surface area contributed by atoms with Gasteiger partial charge in [0.05, 0.1) is 5.75 Å². The van der Waals surface area contributed by atoms with E-state index in [-0.39, 0.29) is 23.7 Å². The summed E-state index contributed by atoms with van der Waals surface area (Å²) in [6.45, 7) is -0.0589. The van der Waals surface area contributed by atoms with Crippen LogP contribution in [-0.2, 0) is 9.84 Å². The minimum atomic E-state index is -3.16. The molecule has 1 aromatic carbocycles. The summed E-state index contributed by atoms with van der Waals surface area (Å²) in [5, 5.41) is 2.38. The van der Waals surface area contributed by atoms with Gasteiger partial charge in [0.25, 0.3) is 0 Å². The first kappa shape index (κ1) is 12.7. The maximum atomic E-state index is 13.2. The molecule has 4 nitrogen and oxygen atoms in total. The molecule has 0 saturated carbocycles. The summed E-state index contributed by atoms with van der Waals surface area (Å²) in [7, 11) is -3.16. The van der Waals surface area contributed by atoms with E-state index < -0.39 is 21.5 Å². The molecule has 0 radical (unpaired) electrons. The van der Waals surface area contributed by atoms with Crippen LogP contribution >= 0.6 is 0 Å². The van der Waals surface area contributed by atoms with Gasteiger partial charge in [0.15, 0.2) is 11.6 Å². The summed E-state index contributed by atoms with van der Waals surface area (Å²) in [4.78, 5) is 0. The Morgan fingerprint density at radius 3 is 2.25 bits per heavy atom. The van der Waals surface area contributed by atoms with E-state index in [4.69, 9.17) is 5.73 Å². The number of benzene rings is 1. The Morgan fingerprint density at radius 1 is 1.31 bits per heavy atom. The number of anilines is 2. The van der Waals surface area contributed by atoms with Crippen molar-refractivity contribution in [2.24, 2.45) is 0 Å². The molecule has 0 unspecified atom stereocenters. The predicted molar refractivity (Wildman–Crippen MR) is 59.0 cm³/mol. The average molecular weight is 250 g/mol. The number of nitrogen functional groups attached to an aromatic ring is 1. The number of halogens is 2. The summed E-state index contributed by atoms with van der Waals surface area (Å²) in [5.74, 6) is -1.88. The van der Waals surface area contributed by atoms with Gasteiger partial charge in [-0.05, 0) is 12.1 Å². The van der Waals surface area contributed by atoms with Crippen LogP contribution in [0.2, 0.25) is 0 Å². The van der Waals surface area contributed by atoms with Gasteiger partial charge in [-0.2, -0.15) is 0 Å². The van der Waals surface area contributed by atoms with Crippen LogP contribution in [-0.4, -0.2) is 27.0 Å². The monoisotopic (exact) mass is 250 g/mol. The minimum absolute atomic E-state index is 0.0244. The van der Waals surface area contributed by atoms with Crippen LogP contribution in [0.4, 0.5) is 20.2 Å². The van der Waals surface area contributed by atoms with Gasteiger partial charge in [-0.1, -0.05) is 0 Å². The summed E-state index contributed by atoms with van der Waals surface area (Å²) < 4.78 is 48.0. The zero-order valence-electron chi connectivity index (χ0n) is 8.63. The minimum Gasteiger partial charge on any atom is -0.399 e. The van der Waals surface area contributed by atoms with E-state index in [0.717, 1.165) is 18.4 Å². The number of sulfone groups is 1. The highest BCUT2D eigenvalue weighted by molar-refractivity contribution is 7.90. The first-order valence-corrected chi connectivity index (χ1v) is 6.52. The van der Waals surface area contributed by atoms with Crippen molar-refractivity contribution < 1.29 is 17.2 Å². The molecule has 0 bridgehead atoms.